The zero-order chi connectivity index (χ0) is 16.4. The number of rotatable bonds is 3. The lowest BCUT2D eigenvalue weighted by atomic mass is 10.0. The quantitative estimate of drug-likeness (QED) is 0.771. The van der Waals surface area contributed by atoms with Gasteiger partial charge in [-0.25, -0.2) is 0 Å². The summed E-state index contributed by atoms with van der Waals surface area (Å²) in [6.45, 7) is 2.06. The Kier molecular flexibility index (Phi) is 3.80. The van der Waals surface area contributed by atoms with E-state index >= 15 is 0 Å². The van der Waals surface area contributed by atoms with Crippen LogP contribution in [0.25, 0.3) is 22.5 Å². The number of hydrogen-bond donors (Lipinski definition) is 2. The Labute approximate surface area is 134 Å². The Morgan fingerprint density at radius 2 is 1.43 bits per heavy atom. The fourth-order valence-corrected chi connectivity index (χ4v) is 2.34. The third-order valence-corrected chi connectivity index (χ3v) is 3.50. The number of ether oxygens (including phenoxy) is 1. The van der Waals surface area contributed by atoms with E-state index in [0.29, 0.717) is 17.1 Å². The first-order valence-corrected chi connectivity index (χ1v) is 7.09. The van der Waals surface area contributed by atoms with E-state index in [1.54, 1.807) is 7.11 Å². The van der Waals surface area contributed by atoms with Crippen LogP contribution in [-0.2, 0) is 0 Å². The van der Waals surface area contributed by atoms with E-state index in [1.807, 2.05) is 18.2 Å². The van der Waals surface area contributed by atoms with Crippen LogP contribution in [0.3, 0.4) is 0 Å². The third-order valence-electron chi connectivity index (χ3n) is 3.50. The Bertz CT molecular complexity index is 826. The van der Waals surface area contributed by atoms with Gasteiger partial charge in [-0.15, -0.1) is 0 Å². The van der Waals surface area contributed by atoms with Crippen molar-refractivity contribution in [2.75, 3.05) is 18.6 Å². The van der Waals surface area contributed by atoms with Crippen LogP contribution in [0.2, 0.25) is 0 Å². The van der Waals surface area contributed by atoms with Crippen LogP contribution in [0.15, 0.2) is 42.5 Å². The largest absolute Gasteiger partial charge is 0.496 e. The molecule has 0 aliphatic carbocycles. The Hall–Kier alpha value is -3.15. The molecule has 0 unspecified atom stereocenters. The molecule has 2 aromatic carbocycles. The predicted octanol–water partition coefficient (Wildman–Crippen LogP) is 2.69. The molecule has 1 aromatic heterocycles. The first-order chi connectivity index (χ1) is 11.1. The standard InChI is InChI=1S/C17H17N5O/c1-10-3-5-11(6-4-10)12-7-8-14(23-2)13(9-12)15-20-16(18)22-17(19)21-15/h3-9H,1-2H3,(H4,18,19,20,21,22). The molecule has 0 saturated carbocycles. The molecule has 0 saturated heterocycles. The van der Waals surface area contributed by atoms with Crippen LogP contribution >= 0.6 is 0 Å². The van der Waals surface area contributed by atoms with Gasteiger partial charge in [0.15, 0.2) is 5.82 Å². The molecule has 6 nitrogen and oxygen atoms in total. The lowest BCUT2D eigenvalue weighted by Gasteiger charge is -2.11. The molecular weight excluding hydrogens is 290 g/mol. The predicted molar refractivity (Wildman–Crippen MR) is 90.8 cm³/mol. The Morgan fingerprint density at radius 1 is 0.826 bits per heavy atom. The van der Waals surface area contributed by atoms with Crippen molar-refractivity contribution in [2.45, 2.75) is 6.92 Å². The molecule has 116 valence electrons. The van der Waals surface area contributed by atoms with E-state index in [1.165, 1.54) is 5.56 Å². The van der Waals surface area contributed by atoms with Crippen molar-refractivity contribution in [3.8, 4) is 28.3 Å². The van der Waals surface area contributed by atoms with Crippen LogP contribution < -0.4 is 16.2 Å². The fraction of sp³-hybridized carbons (Fsp3) is 0.118. The molecule has 23 heavy (non-hydrogen) atoms. The first kappa shape index (κ1) is 14.8. The van der Waals surface area contributed by atoms with Crippen molar-refractivity contribution < 1.29 is 4.74 Å². The van der Waals surface area contributed by atoms with Crippen molar-refractivity contribution in [1.29, 1.82) is 0 Å². The van der Waals surface area contributed by atoms with Crippen LogP contribution in [0, 0.1) is 6.92 Å². The number of nitrogens with two attached hydrogens (primary N) is 2. The molecule has 0 spiro atoms. The average molecular weight is 307 g/mol. The van der Waals surface area contributed by atoms with E-state index in [4.69, 9.17) is 16.2 Å². The number of nitrogens with zero attached hydrogens (tertiary/aromatic N) is 3. The summed E-state index contributed by atoms with van der Waals surface area (Å²) < 4.78 is 5.41. The first-order valence-electron chi connectivity index (χ1n) is 7.09. The van der Waals surface area contributed by atoms with Gasteiger partial charge < -0.3 is 16.2 Å². The van der Waals surface area contributed by atoms with Crippen LogP contribution in [-0.4, -0.2) is 22.1 Å². The summed E-state index contributed by atoms with van der Waals surface area (Å²) in [5, 5.41) is 0. The molecule has 0 aliphatic heterocycles. The fourth-order valence-electron chi connectivity index (χ4n) is 2.34. The van der Waals surface area contributed by atoms with Crippen LogP contribution in [0.4, 0.5) is 11.9 Å². The molecule has 0 amide bonds. The summed E-state index contributed by atoms with van der Waals surface area (Å²) in [5.74, 6) is 1.19. The second kappa shape index (κ2) is 5.92. The second-order valence-corrected chi connectivity index (χ2v) is 5.16. The van der Waals surface area contributed by atoms with Gasteiger partial charge in [0.25, 0.3) is 0 Å². The van der Waals surface area contributed by atoms with Gasteiger partial charge in [0.2, 0.25) is 11.9 Å². The maximum Gasteiger partial charge on any atom is 0.225 e. The molecule has 6 heteroatoms. The van der Waals surface area contributed by atoms with E-state index in [2.05, 4.69) is 46.1 Å². The van der Waals surface area contributed by atoms with E-state index < -0.39 is 0 Å². The van der Waals surface area contributed by atoms with Crippen LogP contribution in [0.5, 0.6) is 5.75 Å². The number of benzene rings is 2. The van der Waals surface area contributed by atoms with Gasteiger partial charge >= 0.3 is 0 Å². The lowest BCUT2D eigenvalue weighted by molar-refractivity contribution is 0.416. The monoisotopic (exact) mass is 307 g/mol. The Balaban J connectivity index is 2.14. The van der Waals surface area contributed by atoms with Crippen molar-refractivity contribution in [3.05, 3.63) is 48.0 Å². The molecule has 0 fully saturated rings. The smallest absolute Gasteiger partial charge is 0.225 e. The van der Waals surface area contributed by atoms with E-state index in [9.17, 15) is 0 Å². The minimum Gasteiger partial charge on any atom is -0.496 e. The second-order valence-electron chi connectivity index (χ2n) is 5.16. The summed E-state index contributed by atoms with van der Waals surface area (Å²) in [5.41, 5.74) is 15.4. The van der Waals surface area contributed by atoms with Gasteiger partial charge in [0, 0.05) is 0 Å². The van der Waals surface area contributed by atoms with Gasteiger partial charge in [-0.05, 0) is 30.2 Å². The molecule has 0 bridgehead atoms. The third kappa shape index (κ3) is 3.06. The van der Waals surface area contributed by atoms with Crippen molar-refractivity contribution in [2.24, 2.45) is 0 Å². The minimum absolute atomic E-state index is 0.0790. The SMILES string of the molecule is COc1ccc(-c2ccc(C)cc2)cc1-c1nc(N)nc(N)n1. The summed E-state index contributed by atoms with van der Waals surface area (Å²) in [4.78, 5) is 12.1. The summed E-state index contributed by atoms with van der Waals surface area (Å²) in [6, 6.07) is 14.1. The van der Waals surface area contributed by atoms with Crippen molar-refractivity contribution in [3.63, 3.8) is 0 Å². The molecular formula is C17H17N5O. The topological polar surface area (TPSA) is 99.9 Å². The molecule has 0 aliphatic rings. The molecule has 3 aromatic rings. The summed E-state index contributed by atoms with van der Waals surface area (Å²) >= 11 is 0. The molecule has 0 atom stereocenters. The molecule has 3 rings (SSSR count). The van der Waals surface area contributed by atoms with Gasteiger partial charge in [-0.1, -0.05) is 35.9 Å². The lowest BCUT2D eigenvalue weighted by Crippen LogP contribution is -2.05. The van der Waals surface area contributed by atoms with E-state index in [0.717, 1.165) is 11.1 Å². The number of hydrogen-bond acceptors (Lipinski definition) is 6. The highest BCUT2D eigenvalue weighted by Gasteiger charge is 2.13. The van der Waals surface area contributed by atoms with Crippen molar-refractivity contribution in [1.82, 2.24) is 15.0 Å². The minimum atomic E-state index is 0.0790. The van der Waals surface area contributed by atoms with Gasteiger partial charge in [-0.3, -0.25) is 0 Å². The summed E-state index contributed by atoms with van der Waals surface area (Å²) in [7, 11) is 1.60. The number of anilines is 2. The molecule has 1 heterocycles. The number of nitrogen functional groups attached to an aromatic ring is 2. The highest BCUT2D eigenvalue weighted by atomic mass is 16.5. The zero-order valence-corrected chi connectivity index (χ0v) is 12.9. The number of methoxy groups -OCH3 is 1. The van der Waals surface area contributed by atoms with Gasteiger partial charge in [-0.2, -0.15) is 15.0 Å². The molecule has 0 radical (unpaired) electrons. The average Bonchev–Trinajstić information content (AvgIpc) is 2.54. The van der Waals surface area contributed by atoms with Gasteiger partial charge in [0.05, 0.1) is 12.7 Å². The number of aromatic nitrogens is 3. The van der Waals surface area contributed by atoms with E-state index in [-0.39, 0.29) is 11.9 Å². The maximum absolute atomic E-state index is 5.67. The normalized spacial score (nSPS) is 10.5. The summed E-state index contributed by atoms with van der Waals surface area (Å²) in [6.07, 6.45) is 0. The van der Waals surface area contributed by atoms with Crippen molar-refractivity contribution >= 4 is 11.9 Å². The van der Waals surface area contributed by atoms with Crippen LogP contribution in [0.1, 0.15) is 5.56 Å². The highest BCUT2D eigenvalue weighted by Crippen LogP contribution is 2.33. The zero-order valence-electron chi connectivity index (χ0n) is 12.9. The highest BCUT2D eigenvalue weighted by molar-refractivity contribution is 5.75. The number of aryl methyl sites for hydroxylation is 1. The molecule has 4 N–H and O–H groups in total. The Morgan fingerprint density at radius 3 is 2.04 bits per heavy atom. The maximum atomic E-state index is 5.67. The van der Waals surface area contributed by atoms with Gasteiger partial charge in [0.1, 0.15) is 5.75 Å².